The van der Waals surface area contributed by atoms with Crippen molar-refractivity contribution in [3.63, 3.8) is 0 Å². The van der Waals surface area contributed by atoms with Crippen molar-refractivity contribution in [2.45, 2.75) is 6.42 Å². The maximum absolute atomic E-state index is 13.3. The van der Waals surface area contributed by atoms with E-state index in [4.69, 9.17) is 9.78 Å². The van der Waals surface area contributed by atoms with Crippen molar-refractivity contribution in [3.05, 3.63) is 82.9 Å². The molecule has 3 aromatic rings. The van der Waals surface area contributed by atoms with Crippen LogP contribution in [0.15, 0.2) is 60.7 Å². The van der Waals surface area contributed by atoms with Crippen LogP contribution in [-0.2, 0) is 20.9 Å². The van der Waals surface area contributed by atoms with E-state index < -0.39 is 0 Å². The maximum atomic E-state index is 13.3. The number of benzene rings is 3. The van der Waals surface area contributed by atoms with Crippen molar-refractivity contribution in [1.29, 1.82) is 5.26 Å². The zero-order valence-electron chi connectivity index (χ0n) is 23.6. The average molecular weight is 565 g/mol. The topological polar surface area (TPSA) is 110 Å². The molecular weight excluding hydrogens is 532 g/mol. The van der Waals surface area contributed by atoms with Crippen molar-refractivity contribution in [1.82, 2.24) is 9.80 Å². The van der Waals surface area contributed by atoms with Crippen LogP contribution >= 0.6 is 0 Å². The van der Waals surface area contributed by atoms with E-state index >= 15 is 0 Å². The number of likely N-dealkylation sites (N-methyl/N-ethyl adjacent to an activating group) is 2. The molecule has 0 radical (unpaired) electrons. The van der Waals surface area contributed by atoms with E-state index in [1.54, 1.807) is 30.1 Å². The van der Waals surface area contributed by atoms with Crippen LogP contribution in [0.2, 0.25) is 0 Å². The highest BCUT2D eigenvalue weighted by Crippen LogP contribution is 2.39. The molecule has 10 nitrogen and oxygen atoms in total. The van der Waals surface area contributed by atoms with Gasteiger partial charge in [-0.25, -0.2) is 0 Å². The van der Waals surface area contributed by atoms with Gasteiger partial charge in [-0.2, -0.15) is 10.1 Å². The Kier molecular flexibility index (Phi) is 7.63. The SMILES string of the molecule is CN1CCN(CC(=O)N(C)c2ccc(N/C(=C3\C(=O)Nc4cc(C#N)ccc43)c3ccc4c(c3)OOCC4)cc2)CC1. The molecule has 214 valence electrons. The summed E-state index contributed by atoms with van der Waals surface area (Å²) in [5.74, 6) is 0.367. The normalized spacial score (nSPS) is 17.8. The van der Waals surface area contributed by atoms with Crippen LogP contribution in [0, 0.1) is 11.3 Å². The minimum atomic E-state index is -0.275. The third-order valence-corrected chi connectivity index (χ3v) is 7.96. The Morgan fingerprint density at radius 1 is 1.07 bits per heavy atom. The monoisotopic (exact) mass is 564 g/mol. The number of nitriles is 1. The number of nitrogens with one attached hydrogen (secondary N) is 2. The third-order valence-electron chi connectivity index (χ3n) is 7.96. The Labute approximate surface area is 244 Å². The molecule has 3 aliphatic rings. The number of rotatable bonds is 6. The molecule has 2 amide bonds. The Bertz CT molecular complexity index is 1600. The Hall–Kier alpha value is -4.69. The van der Waals surface area contributed by atoms with E-state index in [0.29, 0.717) is 47.0 Å². The van der Waals surface area contributed by atoms with Gasteiger partial charge in [-0.3, -0.25) is 14.5 Å². The van der Waals surface area contributed by atoms with Crippen LogP contribution in [0.5, 0.6) is 5.75 Å². The van der Waals surface area contributed by atoms with Crippen LogP contribution < -0.4 is 20.4 Å². The number of amides is 2. The van der Waals surface area contributed by atoms with E-state index in [0.717, 1.165) is 55.1 Å². The third kappa shape index (κ3) is 5.58. The molecule has 1 fully saturated rings. The number of hydrogen-bond donors (Lipinski definition) is 2. The highest BCUT2D eigenvalue weighted by molar-refractivity contribution is 6.37. The van der Waals surface area contributed by atoms with Crippen molar-refractivity contribution in [3.8, 4) is 11.8 Å². The molecule has 0 spiro atoms. The van der Waals surface area contributed by atoms with Gasteiger partial charge in [0.15, 0.2) is 5.75 Å². The molecule has 0 saturated carbocycles. The van der Waals surface area contributed by atoms with Crippen molar-refractivity contribution in [2.75, 3.05) is 69.0 Å². The summed E-state index contributed by atoms with van der Waals surface area (Å²) in [6.07, 6.45) is 0.734. The largest absolute Gasteiger partial charge is 0.354 e. The lowest BCUT2D eigenvalue weighted by Crippen LogP contribution is -2.48. The highest BCUT2D eigenvalue weighted by Gasteiger charge is 2.29. The number of nitrogens with zero attached hydrogens (tertiary/aromatic N) is 4. The number of piperazine rings is 1. The summed E-state index contributed by atoms with van der Waals surface area (Å²) >= 11 is 0. The first kappa shape index (κ1) is 27.5. The van der Waals surface area contributed by atoms with E-state index in [1.807, 2.05) is 42.5 Å². The summed E-state index contributed by atoms with van der Waals surface area (Å²) in [4.78, 5) is 43.1. The van der Waals surface area contributed by atoms with Gasteiger partial charge in [0.2, 0.25) is 5.91 Å². The molecule has 0 aliphatic carbocycles. The lowest BCUT2D eigenvalue weighted by Gasteiger charge is -2.32. The molecule has 3 aromatic carbocycles. The predicted octanol–water partition coefficient (Wildman–Crippen LogP) is 3.57. The van der Waals surface area contributed by atoms with Crippen LogP contribution in [0.25, 0.3) is 11.3 Å². The second-order valence-electron chi connectivity index (χ2n) is 10.8. The minimum absolute atomic E-state index is 0.0373. The summed E-state index contributed by atoms with van der Waals surface area (Å²) < 4.78 is 0. The molecule has 1 saturated heterocycles. The quantitative estimate of drug-likeness (QED) is 0.346. The lowest BCUT2D eigenvalue weighted by atomic mass is 9.97. The van der Waals surface area contributed by atoms with Gasteiger partial charge < -0.3 is 25.3 Å². The van der Waals surface area contributed by atoms with Crippen molar-refractivity contribution < 1.29 is 19.4 Å². The van der Waals surface area contributed by atoms with E-state index in [9.17, 15) is 14.9 Å². The van der Waals surface area contributed by atoms with Crippen molar-refractivity contribution >= 4 is 40.1 Å². The fourth-order valence-electron chi connectivity index (χ4n) is 5.38. The van der Waals surface area contributed by atoms with Gasteiger partial charge >= 0.3 is 0 Å². The highest BCUT2D eigenvalue weighted by atomic mass is 17.2. The molecule has 10 heteroatoms. The molecule has 2 N–H and O–H groups in total. The second-order valence-corrected chi connectivity index (χ2v) is 10.8. The maximum Gasteiger partial charge on any atom is 0.258 e. The van der Waals surface area contributed by atoms with Crippen LogP contribution in [0.1, 0.15) is 22.3 Å². The van der Waals surface area contributed by atoms with E-state index in [2.05, 4.69) is 33.6 Å². The number of anilines is 3. The van der Waals surface area contributed by atoms with E-state index in [-0.39, 0.29) is 11.8 Å². The molecule has 0 aromatic heterocycles. The van der Waals surface area contributed by atoms with Gasteiger partial charge in [-0.1, -0.05) is 18.2 Å². The van der Waals surface area contributed by atoms with Gasteiger partial charge in [0.05, 0.1) is 41.7 Å². The predicted molar refractivity (Wildman–Crippen MR) is 161 cm³/mol. The number of hydrogen-bond acceptors (Lipinski definition) is 8. The summed E-state index contributed by atoms with van der Waals surface area (Å²) in [5, 5.41) is 15.7. The Morgan fingerprint density at radius 2 is 1.86 bits per heavy atom. The summed E-state index contributed by atoms with van der Waals surface area (Å²) in [5.41, 5.74) is 6.07. The first-order valence-electron chi connectivity index (χ1n) is 14.0. The molecule has 42 heavy (non-hydrogen) atoms. The standard InChI is InChI=1S/C32H32N6O4/c1-36-12-14-38(15-13-36)20-29(39)37(2)25-8-6-24(7-9-25)34-31(23-5-4-22-11-16-41-42-28(22)18-23)30-26-10-3-21(19-33)17-27(26)35-32(30)40/h3-10,17-18,34H,11-16,20H2,1-2H3,(H,35,40)/b31-30-. The molecular formula is C32H32N6O4. The van der Waals surface area contributed by atoms with Crippen LogP contribution in [0.4, 0.5) is 17.1 Å². The van der Waals surface area contributed by atoms with Crippen LogP contribution in [-0.4, -0.2) is 75.0 Å². The number of fused-ring (bicyclic) bond motifs is 2. The minimum Gasteiger partial charge on any atom is -0.354 e. The van der Waals surface area contributed by atoms with Gasteiger partial charge in [0.1, 0.15) is 0 Å². The molecule has 3 heterocycles. The zero-order valence-corrected chi connectivity index (χ0v) is 23.6. The smallest absolute Gasteiger partial charge is 0.258 e. The fraction of sp³-hybridized carbons (Fsp3) is 0.281. The van der Waals surface area contributed by atoms with Gasteiger partial charge in [0, 0.05) is 67.7 Å². The van der Waals surface area contributed by atoms with Crippen molar-refractivity contribution in [2.24, 2.45) is 0 Å². The second kappa shape index (κ2) is 11.7. The number of carbonyl (C=O) groups excluding carboxylic acids is 2. The zero-order chi connectivity index (χ0) is 29.2. The van der Waals surface area contributed by atoms with E-state index in [1.165, 1.54) is 0 Å². The van der Waals surface area contributed by atoms with Crippen LogP contribution in [0.3, 0.4) is 0 Å². The Morgan fingerprint density at radius 3 is 2.62 bits per heavy atom. The Balaban J connectivity index is 1.29. The molecule has 3 aliphatic heterocycles. The van der Waals surface area contributed by atoms with Gasteiger partial charge in [0.25, 0.3) is 5.91 Å². The molecule has 0 atom stereocenters. The molecule has 6 rings (SSSR count). The van der Waals surface area contributed by atoms with Gasteiger partial charge in [-0.15, -0.1) is 0 Å². The number of carbonyl (C=O) groups is 2. The summed E-state index contributed by atoms with van der Waals surface area (Å²) in [6.45, 7) is 4.54. The fourth-order valence-corrected chi connectivity index (χ4v) is 5.38. The summed E-state index contributed by atoms with van der Waals surface area (Å²) in [7, 11) is 3.89. The summed E-state index contributed by atoms with van der Waals surface area (Å²) in [6, 6.07) is 20.6. The van der Waals surface area contributed by atoms with Gasteiger partial charge in [-0.05, 0) is 49.5 Å². The first-order chi connectivity index (χ1) is 20.4. The molecule has 0 bridgehead atoms. The average Bonchev–Trinajstić information content (AvgIpc) is 3.35. The first-order valence-corrected chi connectivity index (χ1v) is 14.0. The lowest BCUT2D eigenvalue weighted by molar-refractivity contribution is -0.215. The molecule has 0 unspecified atom stereocenters.